The van der Waals surface area contributed by atoms with Gasteiger partial charge in [0.05, 0.1) is 7.11 Å². The Morgan fingerprint density at radius 3 is 2.30 bits per heavy atom. The van der Waals surface area contributed by atoms with E-state index < -0.39 is 17.8 Å². The molecule has 0 aliphatic heterocycles. The lowest BCUT2D eigenvalue weighted by Crippen LogP contribution is -2.20. The van der Waals surface area contributed by atoms with Crippen LogP contribution < -0.4 is 10.1 Å². The van der Waals surface area contributed by atoms with Crippen LogP contribution in [0.2, 0.25) is 0 Å². The van der Waals surface area contributed by atoms with Crippen molar-refractivity contribution in [2.24, 2.45) is 0 Å². The molecule has 0 heterocycles. The molecule has 1 amide bonds. The zero-order valence-electron chi connectivity index (χ0n) is 10.8. The highest BCUT2D eigenvalue weighted by Gasteiger charge is 2.17. The molecule has 0 saturated heterocycles. The number of carbonyl (C=O) groups is 1. The lowest BCUT2D eigenvalue weighted by atomic mass is 10.1. The normalized spacial score (nSPS) is 11.8. The smallest absolute Gasteiger partial charge is 0.257 e. The first kappa shape index (κ1) is 14.0. The summed E-state index contributed by atoms with van der Waals surface area (Å²) in [7, 11) is 1.53. The maximum Gasteiger partial charge on any atom is 0.257 e. The summed E-state index contributed by atoms with van der Waals surface area (Å²) in [6.07, 6.45) is -1.30. The number of hydrogen-bond donors (Lipinski definition) is 2. The molecule has 0 bridgehead atoms. The third-order valence-electron chi connectivity index (χ3n) is 2.79. The van der Waals surface area contributed by atoms with Crippen molar-refractivity contribution in [3.05, 3.63) is 59.9 Å². The molecule has 2 aromatic rings. The number of benzene rings is 2. The fourth-order valence-corrected chi connectivity index (χ4v) is 1.68. The third-order valence-corrected chi connectivity index (χ3v) is 2.79. The highest BCUT2D eigenvalue weighted by Crippen LogP contribution is 2.19. The fourth-order valence-electron chi connectivity index (χ4n) is 1.68. The van der Waals surface area contributed by atoms with Crippen molar-refractivity contribution in [1.29, 1.82) is 0 Å². The Morgan fingerprint density at radius 2 is 1.75 bits per heavy atom. The monoisotopic (exact) mass is 275 g/mol. The summed E-state index contributed by atoms with van der Waals surface area (Å²) in [5.74, 6) is -0.333. The Morgan fingerprint density at radius 1 is 1.15 bits per heavy atom. The molecule has 2 N–H and O–H groups in total. The highest BCUT2D eigenvalue weighted by molar-refractivity contribution is 5.94. The van der Waals surface area contributed by atoms with Crippen LogP contribution in [0.1, 0.15) is 11.7 Å². The number of anilines is 1. The molecule has 4 nitrogen and oxygen atoms in total. The predicted octanol–water partition coefficient (Wildman–Crippen LogP) is 2.51. The van der Waals surface area contributed by atoms with Gasteiger partial charge in [0.2, 0.25) is 0 Å². The molecule has 1 unspecified atom stereocenters. The van der Waals surface area contributed by atoms with Crippen LogP contribution in [0.3, 0.4) is 0 Å². The van der Waals surface area contributed by atoms with Crippen LogP contribution in [0.15, 0.2) is 48.5 Å². The highest BCUT2D eigenvalue weighted by atomic mass is 19.1. The summed E-state index contributed by atoms with van der Waals surface area (Å²) < 4.78 is 17.7. The largest absolute Gasteiger partial charge is 0.497 e. The summed E-state index contributed by atoms with van der Waals surface area (Å²) in [5.41, 5.74) is 0.870. The van der Waals surface area contributed by atoms with Gasteiger partial charge >= 0.3 is 0 Å². The zero-order valence-corrected chi connectivity index (χ0v) is 10.8. The van der Waals surface area contributed by atoms with E-state index in [1.807, 2.05) is 0 Å². The van der Waals surface area contributed by atoms with Crippen LogP contribution in [0.25, 0.3) is 0 Å². The van der Waals surface area contributed by atoms with E-state index >= 15 is 0 Å². The molecule has 0 aliphatic carbocycles. The summed E-state index contributed by atoms with van der Waals surface area (Å²) in [4.78, 5) is 11.9. The molecular weight excluding hydrogens is 261 g/mol. The van der Waals surface area contributed by atoms with Crippen molar-refractivity contribution in [3.63, 3.8) is 0 Å². The number of aliphatic hydroxyl groups is 1. The number of methoxy groups -OCH3 is 1. The van der Waals surface area contributed by atoms with E-state index in [0.29, 0.717) is 17.0 Å². The average Bonchev–Trinajstić information content (AvgIpc) is 2.49. The van der Waals surface area contributed by atoms with Crippen molar-refractivity contribution in [3.8, 4) is 5.75 Å². The topological polar surface area (TPSA) is 58.6 Å². The molecule has 104 valence electrons. The minimum atomic E-state index is -1.30. The Hall–Kier alpha value is -2.40. The van der Waals surface area contributed by atoms with Gasteiger partial charge in [-0.3, -0.25) is 4.79 Å². The van der Waals surface area contributed by atoms with Crippen LogP contribution >= 0.6 is 0 Å². The first-order chi connectivity index (χ1) is 9.60. The molecule has 2 rings (SSSR count). The molecule has 0 aliphatic rings. The van der Waals surface area contributed by atoms with E-state index in [2.05, 4.69) is 5.32 Å². The van der Waals surface area contributed by atoms with Gasteiger partial charge in [-0.05, 0) is 42.0 Å². The van der Waals surface area contributed by atoms with Crippen molar-refractivity contribution >= 4 is 11.6 Å². The quantitative estimate of drug-likeness (QED) is 0.901. The average molecular weight is 275 g/mol. The third kappa shape index (κ3) is 3.33. The van der Waals surface area contributed by atoms with Gasteiger partial charge in [0.25, 0.3) is 5.91 Å². The molecule has 0 spiro atoms. The number of hydrogen-bond acceptors (Lipinski definition) is 3. The van der Waals surface area contributed by atoms with E-state index in [1.165, 1.54) is 31.4 Å². The Labute approximate surface area is 115 Å². The van der Waals surface area contributed by atoms with Crippen LogP contribution in [0.4, 0.5) is 10.1 Å². The van der Waals surface area contributed by atoms with Crippen LogP contribution in [0.5, 0.6) is 5.75 Å². The van der Waals surface area contributed by atoms with E-state index in [4.69, 9.17) is 4.74 Å². The summed E-state index contributed by atoms with van der Waals surface area (Å²) in [6, 6.07) is 11.8. The van der Waals surface area contributed by atoms with E-state index in [1.54, 1.807) is 24.3 Å². The van der Waals surface area contributed by atoms with E-state index in [0.717, 1.165) is 0 Å². The van der Waals surface area contributed by atoms with Gasteiger partial charge in [0.1, 0.15) is 11.6 Å². The summed E-state index contributed by atoms with van der Waals surface area (Å²) in [6.45, 7) is 0. The van der Waals surface area contributed by atoms with Crippen LogP contribution in [0, 0.1) is 5.82 Å². The minimum Gasteiger partial charge on any atom is -0.497 e. The molecule has 2 aromatic carbocycles. The fraction of sp³-hybridized carbons (Fsp3) is 0.133. The first-order valence-electron chi connectivity index (χ1n) is 5.98. The maximum absolute atomic E-state index is 12.7. The Kier molecular flexibility index (Phi) is 4.32. The molecule has 0 aromatic heterocycles. The number of aliphatic hydroxyl groups excluding tert-OH is 1. The molecule has 5 heteroatoms. The summed E-state index contributed by atoms with van der Waals surface area (Å²) >= 11 is 0. The molecule has 0 saturated carbocycles. The molecule has 0 fully saturated rings. The minimum absolute atomic E-state index is 0.390. The number of amides is 1. The standard InChI is InChI=1S/C15H14FNO3/c1-20-13-8-2-10(3-9-13)14(18)15(19)17-12-6-4-11(16)5-7-12/h2-9,14,18H,1H3,(H,17,19). The zero-order chi connectivity index (χ0) is 14.5. The van der Waals surface area contributed by atoms with E-state index in [-0.39, 0.29) is 0 Å². The second kappa shape index (κ2) is 6.16. The van der Waals surface area contributed by atoms with Gasteiger partial charge < -0.3 is 15.2 Å². The molecule has 0 radical (unpaired) electrons. The van der Waals surface area contributed by atoms with Crippen molar-refractivity contribution in [2.75, 3.05) is 12.4 Å². The molecule has 20 heavy (non-hydrogen) atoms. The van der Waals surface area contributed by atoms with Gasteiger partial charge in [-0.15, -0.1) is 0 Å². The van der Waals surface area contributed by atoms with Gasteiger partial charge in [-0.1, -0.05) is 12.1 Å². The van der Waals surface area contributed by atoms with Crippen molar-refractivity contribution in [2.45, 2.75) is 6.10 Å². The number of rotatable bonds is 4. The Balaban J connectivity index is 2.05. The molecule has 1 atom stereocenters. The lowest BCUT2D eigenvalue weighted by molar-refractivity contribution is -0.124. The van der Waals surface area contributed by atoms with Crippen LogP contribution in [-0.2, 0) is 4.79 Å². The van der Waals surface area contributed by atoms with Crippen molar-refractivity contribution in [1.82, 2.24) is 0 Å². The number of carbonyl (C=O) groups excluding carboxylic acids is 1. The van der Waals surface area contributed by atoms with Crippen molar-refractivity contribution < 1.29 is 19.0 Å². The Bertz CT molecular complexity index is 581. The maximum atomic E-state index is 12.7. The van der Waals surface area contributed by atoms with E-state index in [9.17, 15) is 14.3 Å². The predicted molar refractivity (Wildman–Crippen MR) is 73.0 cm³/mol. The lowest BCUT2D eigenvalue weighted by Gasteiger charge is -2.12. The number of halogens is 1. The van der Waals surface area contributed by atoms with Gasteiger partial charge in [-0.25, -0.2) is 4.39 Å². The first-order valence-corrected chi connectivity index (χ1v) is 5.98. The second-order valence-corrected chi connectivity index (χ2v) is 4.17. The summed E-state index contributed by atoms with van der Waals surface area (Å²) in [5, 5.41) is 12.5. The van der Waals surface area contributed by atoms with Gasteiger partial charge in [0.15, 0.2) is 6.10 Å². The SMILES string of the molecule is COc1ccc(C(O)C(=O)Nc2ccc(F)cc2)cc1. The van der Waals surface area contributed by atoms with Gasteiger partial charge in [0, 0.05) is 5.69 Å². The second-order valence-electron chi connectivity index (χ2n) is 4.17. The number of ether oxygens (including phenoxy) is 1. The van der Waals surface area contributed by atoms with Crippen LogP contribution in [-0.4, -0.2) is 18.1 Å². The van der Waals surface area contributed by atoms with Gasteiger partial charge in [-0.2, -0.15) is 0 Å². The molecular formula is C15H14FNO3. The number of nitrogens with one attached hydrogen (secondary N) is 1.